The molecule has 2 aliphatic rings. The van der Waals surface area contributed by atoms with Crippen molar-refractivity contribution in [2.24, 2.45) is 5.92 Å². The molecule has 86 valence electrons. The standard InChI is InChI=1S/C11H20N2O2/c1-13-4-2-3-9(7-13)5-10-6-12-11(14)8-15-10/h9-10H,2-8H2,1H3,(H,12,14). The van der Waals surface area contributed by atoms with Gasteiger partial charge in [-0.2, -0.15) is 0 Å². The first-order valence-corrected chi connectivity index (χ1v) is 5.81. The average molecular weight is 212 g/mol. The summed E-state index contributed by atoms with van der Waals surface area (Å²) in [6, 6.07) is 0. The molecule has 0 aromatic rings. The van der Waals surface area contributed by atoms with Gasteiger partial charge in [0.15, 0.2) is 0 Å². The Bertz CT molecular complexity index is 223. The molecule has 0 aliphatic carbocycles. The molecule has 0 spiro atoms. The van der Waals surface area contributed by atoms with E-state index < -0.39 is 0 Å². The second-order valence-corrected chi connectivity index (χ2v) is 4.74. The van der Waals surface area contributed by atoms with Gasteiger partial charge in [-0.05, 0) is 38.8 Å². The van der Waals surface area contributed by atoms with Crippen molar-refractivity contribution in [3.63, 3.8) is 0 Å². The molecule has 2 atom stereocenters. The Morgan fingerprint density at radius 2 is 2.47 bits per heavy atom. The molecule has 2 fully saturated rings. The second kappa shape index (κ2) is 4.94. The maximum Gasteiger partial charge on any atom is 0.246 e. The van der Waals surface area contributed by atoms with Gasteiger partial charge >= 0.3 is 0 Å². The van der Waals surface area contributed by atoms with E-state index in [-0.39, 0.29) is 18.6 Å². The summed E-state index contributed by atoms with van der Waals surface area (Å²) in [5, 5.41) is 2.86. The van der Waals surface area contributed by atoms with E-state index in [9.17, 15) is 4.79 Å². The van der Waals surface area contributed by atoms with Crippen LogP contribution in [0.1, 0.15) is 19.3 Å². The lowest BCUT2D eigenvalue weighted by Gasteiger charge is -2.33. The highest BCUT2D eigenvalue weighted by molar-refractivity contribution is 5.77. The SMILES string of the molecule is CN1CCCC(CC2CNC(=O)CO2)C1. The predicted molar refractivity (Wildman–Crippen MR) is 57.6 cm³/mol. The van der Waals surface area contributed by atoms with Gasteiger partial charge in [0.2, 0.25) is 5.91 Å². The lowest BCUT2D eigenvalue weighted by molar-refractivity contribution is -0.133. The summed E-state index contributed by atoms with van der Waals surface area (Å²) >= 11 is 0. The minimum atomic E-state index is 0.0204. The van der Waals surface area contributed by atoms with Gasteiger partial charge in [0.1, 0.15) is 6.61 Å². The van der Waals surface area contributed by atoms with Gasteiger partial charge in [-0.1, -0.05) is 0 Å². The van der Waals surface area contributed by atoms with E-state index in [2.05, 4.69) is 17.3 Å². The molecule has 1 N–H and O–H groups in total. The van der Waals surface area contributed by atoms with Crippen molar-refractivity contribution in [2.45, 2.75) is 25.4 Å². The van der Waals surface area contributed by atoms with Gasteiger partial charge in [0.25, 0.3) is 0 Å². The van der Waals surface area contributed by atoms with E-state index in [1.165, 1.54) is 25.9 Å². The van der Waals surface area contributed by atoms with Crippen LogP contribution in [0.25, 0.3) is 0 Å². The van der Waals surface area contributed by atoms with Crippen LogP contribution in [0.15, 0.2) is 0 Å². The molecule has 4 heteroatoms. The van der Waals surface area contributed by atoms with Gasteiger partial charge in [-0.15, -0.1) is 0 Å². The largest absolute Gasteiger partial charge is 0.367 e. The molecule has 2 aliphatic heterocycles. The van der Waals surface area contributed by atoms with Gasteiger partial charge < -0.3 is 15.0 Å². The maximum atomic E-state index is 10.9. The number of nitrogens with one attached hydrogen (secondary N) is 1. The third kappa shape index (κ3) is 3.18. The fourth-order valence-electron chi connectivity index (χ4n) is 2.52. The van der Waals surface area contributed by atoms with Crippen molar-refractivity contribution in [3.05, 3.63) is 0 Å². The van der Waals surface area contributed by atoms with E-state index in [1.807, 2.05) is 0 Å². The van der Waals surface area contributed by atoms with Crippen LogP contribution >= 0.6 is 0 Å². The van der Waals surface area contributed by atoms with E-state index >= 15 is 0 Å². The number of morpholine rings is 1. The maximum absolute atomic E-state index is 10.9. The fraction of sp³-hybridized carbons (Fsp3) is 0.909. The van der Waals surface area contributed by atoms with Crippen molar-refractivity contribution < 1.29 is 9.53 Å². The van der Waals surface area contributed by atoms with Crippen LogP contribution in [0.2, 0.25) is 0 Å². The van der Waals surface area contributed by atoms with Crippen molar-refractivity contribution in [3.8, 4) is 0 Å². The summed E-state index contributed by atoms with van der Waals surface area (Å²) in [4.78, 5) is 13.3. The molecule has 0 aromatic heterocycles. The predicted octanol–water partition coefficient (Wildman–Crippen LogP) is 0.233. The van der Waals surface area contributed by atoms with Crippen LogP contribution in [0, 0.1) is 5.92 Å². The molecular formula is C11H20N2O2. The van der Waals surface area contributed by atoms with Crippen LogP contribution in [0.3, 0.4) is 0 Å². The van der Waals surface area contributed by atoms with Crippen LogP contribution in [0.4, 0.5) is 0 Å². The highest BCUT2D eigenvalue weighted by atomic mass is 16.5. The third-order valence-corrected chi connectivity index (χ3v) is 3.30. The summed E-state index contributed by atoms with van der Waals surface area (Å²) in [5.41, 5.74) is 0. The highest BCUT2D eigenvalue weighted by Gasteiger charge is 2.24. The topological polar surface area (TPSA) is 41.6 Å². The first kappa shape index (κ1) is 10.9. The lowest BCUT2D eigenvalue weighted by Crippen LogP contribution is -2.45. The third-order valence-electron chi connectivity index (χ3n) is 3.30. The van der Waals surface area contributed by atoms with Crippen LogP contribution in [0.5, 0.6) is 0 Å². The summed E-state index contributed by atoms with van der Waals surface area (Å²) in [7, 11) is 2.18. The zero-order valence-electron chi connectivity index (χ0n) is 9.37. The van der Waals surface area contributed by atoms with E-state index in [1.54, 1.807) is 0 Å². The van der Waals surface area contributed by atoms with Gasteiger partial charge in [0.05, 0.1) is 6.10 Å². The van der Waals surface area contributed by atoms with Crippen molar-refractivity contribution in [2.75, 3.05) is 33.3 Å². The highest BCUT2D eigenvalue weighted by Crippen LogP contribution is 2.21. The average Bonchev–Trinajstić information content (AvgIpc) is 2.22. The number of piperidine rings is 1. The van der Waals surface area contributed by atoms with Gasteiger partial charge in [-0.25, -0.2) is 0 Å². The normalized spacial score (nSPS) is 33.8. The molecule has 2 heterocycles. The number of carbonyl (C=O) groups is 1. The van der Waals surface area contributed by atoms with Crippen molar-refractivity contribution in [1.82, 2.24) is 10.2 Å². The Kier molecular flexibility index (Phi) is 3.59. The minimum absolute atomic E-state index is 0.0204. The van der Waals surface area contributed by atoms with Crippen LogP contribution < -0.4 is 5.32 Å². The monoisotopic (exact) mass is 212 g/mol. The summed E-state index contributed by atoms with van der Waals surface area (Å²) < 4.78 is 5.50. The number of likely N-dealkylation sites (tertiary alicyclic amines) is 1. The molecule has 0 aromatic carbocycles. The molecule has 4 nitrogen and oxygen atoms in total. The zero-order valence-corrected chi connectivity index (χ0v) is 9.37. The Balaban J connectivity index is 1.74. The zero-order chi connectivity index (χ0) is 10.7. The van der Waals surface area contributed by atoms with Crippen molar-refractivity contribution in [1.29, 1.82) is 0 Å². The smallest absolute Gasteiger partial charge is 0.246 e. The van der Waals surface area contributed by atoms with Crippen LogP contribution in [-0.2, 0) is 9.53 Å². The Hall–Kier alpha value is -0.610. The van der Waals surface area contributed by atoms with Gasteiger partial charge in [0, 0.05) is 13.1 Å². The number of rotatable bonds is 2. The number of nitrogens with zero attached hydrogens (tertiary/aromatic N) is 1. The molecule has 2 unspecified atom stereocenters. The minimum Gasteiger partial charge on any atom is -0.367 e. The van der Waals surface area contributed by atoms with Crippen LogP contribution in [-0.4, -0.2) is 50.2 Å². The Labute approximate surface area is 91.0 Å². The quantitative estimate of drug-likeness (QED) is 0.712. The second-order valence-electron chi connectivity index (χ2n) is 4.74. The summed E-state index contributed by atoms with van der Waals surface area (Å²) in [5.74, 6) is 0.760. The Morgan fingerprint density at radius 3 is 3.13 bits per heavy atom. The Morgan fingerprint density at radius 1 is 1.60 bits per heavy atom. The number of hydrogen-bond donors (Lipinski definition) is 1. The number of hydrogen-bond acceptors (Lipinski definition) is 3. The van der Waals surface area contributed by atoms with Crippen molar-refractivity contribution >= 4 is 5.91 Å². The van der Waals surface area contributed by atoms with Gasteiger partial charge in [-0.3, -0.25) is 4.79 Å². The lowest BCUT2D eigenvalue weighted by atomic mass is 9.92. The van der Waals surface area contributed by atoms with E-state index in [4.69, 9.17) is 4.74 Å². The molecule has 0 bridgehead atoms. The number of amides is 1. The summed E-state index contributed by atoms with van der Waals surface area (Å²) in [6.07, 6.45) is 3.92. The summed E-state index contributed by atoms with van der Waals surface area (Å²) in [6.45, 7) is 3.33. The first-order chi connectivity index (χ1) is 7.24. The molecule has 0 radical (unpaired) electrons. The van der Waals surface area contributed by atoms with E-state index in [0.29, 0.717) is 6.54 Å². The molecule has 15 heavy (non-hydrogen) atoms. The molecule has 2 saturated heterocycles. The van der Waals surface area contributed by atoms with E-state index in [0.717, 1.165) is 12.3 Å². The molecule has 0 saturated carbocycles. The number of ether oxygens (including phenoxy) is 1. The molecule has 2 rings (SSSR count). The molecule has 1 amide bonds. The fourth-order valence-corrected chi connectivity index (χ4v) is 2.52. The number of carbonyl (C=O) groups excluding carboxylic acids is 1. The first-order valence-electron chi connectivity index (χ1n) is 5.81. The molecular weight excluding hydrogens is 192 g/mol.